The average Bonchev–Trinajstić information content (AvgIpc) is 2.97. The summed E-state index contributed by atoms with van der Waals surface area (Å²) >= 11 is 6.19. The minimum Gasteiger partial charge on any atom is -0.496 e. The van der Waals surface area contributed by atoms with Gasteiger partial charge in [-0.05, 0) is 61.4 Å². The van der Waals surface area contributed by atoms with Gasteiger partial charge in [0.1, 0.15) is 5.75 Å². The van der Waals surface area contributed by atoms with Crippen LogP contribution in [0.3, 0.4) is 0 Å². The van der Waals surface area contributed by atoms with Crippen LogP contribution in [0.5, 0.6) is 5.75 Å². The van der Waals surface area contributed by atoms with Crippen LogP contribution in [0.1, 0.15) is 51.5 Å². The minimum atomic E-state index is 0.434. The Morgan fingerprint density at radius 1 is 1.29 bits per heavy atom. The summed E-state index contributed by atoms with van der Waals surface area (Å²) in [5.74, 6) is 0.951. The third kappa shape index (κ3) is 3.73. The zero-order valence-corrected chi connectivity index (χ0v) is 14.3. The highest BCUT2D eigenvalue weighted by molar-refractivity contribution is 6.30. The highest BCUT2D eigenvalue weighted by Gasteiger charge is 2.39. The molecule has 118 valence electrons. The summed E-state index contributed by atoms with van der Waals surface area (Å²) in [7, 11) is 1.74. The molecule has 0 spiro atoms. The predicted molar refractivity (Wildman–Crippen MR) is 90.4 cm³/mol. The lowest BCUT2D eigenvalue weighted by Crippen LogP contribution is -2.45. The highest BCUT2D eigenvalue weighted by atomic mass is 35.5. The molecule has 0 radical (unpaired) electrons. The lowest BCUT2D eigenvalue weighted by molar-refractivity contribution is 0.185. The summed E-state index contributed by atoms with van der Waals surface area (Å²) in [6, 6.07) is 6.44. The largest absolute Gasteiger partial charge is 0.496 e. The van der Waals surface area contributed by atoms with Crippen molar-refractivity contribution in [2.75, 3.05) is 13.7 Å². The van der Waals surface area contributed by atoms with Crippen LogP contribution >= 0.6 is 11.6 Å². The molecule has 1 aliphatic rings. The summed E-state index contributed by atoms with van der Waals surface area (Å²) < 4.78 is 5.52. The molecule has 0 aromatic heterocycles. The van der Waals surface area contributed by atoms with Gasteiger partial charge in [-0.3, -0.25) is 0 Å². The lowest BCUT2D eigenvalue weighted by atomic mass is 9.74. The normalized spacial score (nSPS) is 18.7. The van der Waals surface area contributed by atoms with Gasteiger partial charge in [0.25, 0.3) is 0 Å². The number of ether oxygens (including phenoxy) is 1. The van der Waals surface area contributed by atoms with Crippen molar-refractivity contribution in [3.63, 3.8) is 0 Å². The van der Waals surface area contributed by atoms with Crippen LogP contribution in [-0.4, -0.2) is 19.7 Å². The minimum absolute atomic E-state index is 0.434. The van der Waals surface area contributed by atoms with E-state index in [2.05, 4.69) is 25.2 Å². The molecule has 2 rings (SSSR count). The van der Waals surface area contributed by atoms with Crippen LogP contribution in [0, 0.1) is 5.41 Å². The zero-order chi connectivity index (χ0) is 15.3. The summed E-state index contributed by atoms with van der Waals surface area (Å²) in [4.78, 5) is 0. The molecule has 1 fully saturated rings. The maximum absolute atomic E-state index is 6.19. The lowest BCUT2D eigenvalue weighted by Gasteiger charge is -2.38. The van der Waals surface area contributed by atoms with Crippen LogP contribution in [0.15, 0.2) is 18.2 Å². The Bertz CT molecular complexity index is 455. The molecule has 2 nitrogen and oxygen atoms in total. The van der Waals surface area contributed by atoms with Crippen molar-refractivity contribution in [2.24, 2.45) is 5.41 Å². The molecule has 0 saturated heterocycles. The van der Waals surface area contributed by atoms with E-state index in [9.17, 15) is 0 Å². The number of likely N-dealkylation sites (N-methyl/N-ethyl adjacent to an activating group) is 1. The predicted octanol–water partition coefficient (Wildman–Crippen LogP) is 4.84. The second-order valence-corrected chi connectivity index (χ2v) is 6.63. The molecule has 1 aromatic carbocycles. The van der Waals surface area contributed by atoms with Gasteiger partial charge < -0.3 is 10.1 Å². The van der Waals surface area contributed by atoms with Crippen LogP contribution < -0.4 is 10.1 Å². The molecular formula is C18H28ClNO. The number of methoxy groups -OCH3 is 1. The molecule has 1 N–H and O–H groups in total. The Balaban J connectivity index is 2.25. The van der Waals surface area contributed by atoms with Crippen molar-refractivity contribution >= 4 is 11.6 Å². The molecule has 0 aliphatic heterocycles. The summed E-state index contributed by atoms with van der Waals surface area (Å²) in [6.45, 7) is 5.54. The fraction of sp³-hybridized carbons (Fsp3) is 0.667. The topological polar surface area (TPSA) is 21.3 Å². The van der Waals surface area contributed by atoms with Gasteiger partial charge in [0.2, 0.25) is 0 Å². The monoisotopic (exact) mass is 309 g/mol. The molecule has 0 amide bonds. The van der Waals surface area contributed by atoms with Gasteiger partial charge in [-0.1, -0.05) is 38.3 Å². The van der Waals surface area contributed by atoms with Crippen molar-refractivity contribution < 1.29 is 4.74 Å². The average molecular weight is 310 g/mol. The van der Waals surface area contributed by atoms with E-state index in [4.69, 9.17) is 16.3 Å². The van der Waals surface area contributed by atoms with E-state index in [1.165, 1.54) is 37.7 Å². The Labute approximate surface area is 134 Å². The van der Waals surface area contributed by atoms with Gasteiger partial charge >= 0.3 is 0 Å². The third-order valence-electron chi connectivity index (χ3n) is 5.16. The molecule has 1 unspecified atom stereocenters. The van der Waals surface area contributed by atoms with Crippen LogP contribution in [0.25, 0.3) is 0 Å². The number of hydrogen-bond donors (Lipinski definition) is 1. The number of halogens is 1. The van der Waals surface area contributed by atoms with Gasteiger partial charge in [-0.2, -0.15) is 0 Å². The molecule has 0 bridgehead atoms. The van der Waals surface area contributed by atoms with E-state index in [1.54, 1.807) is 7.11 Å². The Morgan fingerprint density at radius 2 is 2.00 bits per heavy atom. The molecule has 1 aromatic rings. The van der Waals surface area contributed by atoms with Crippen LogP contribution in [0.2, 0.25) is 5.02 Å². The first-order chi connectivity index (χ1) is 10.1. The molecule has 21 heavy (non-hydrogen) atoms. The highest BCUT2D eigenvalue weighted by Crippen LogP contribution is 2.45. The fourth-order valence-corrected chi connectivity index (χ4v) is 4.10. The first-order valence-corrected chi connectivity index (χ1v) is 8.58. The smallest absolute Gasteiger partial charge is 0.122 e. The van der Waals surface area contributed by atoms with E-state index in [1.807, 2.05) is 12.1 Å². The quantitative estimate of drug-likeness (QED) is 0.778. The van der Waals surface area contributed by atoms with Gasteiger partial charge in [-0.25, -0.2) is 0 Å². The maximum atomic E-state index is 6.19. The standard InChI is InChI=1S/C18H28ClNO/c1-4-18(10-6-7-11-18)17(20-5-2)13-14-12-15(19)8-9-16(14)21-3/h8-9,12,17,20H,4-7,10-11,13H2,1-3H3. The fourth-order valence-electron chi connectivity index (χ4n) is 3.91. The first-order valence-electron chi connectivity index (χ1n) is 8.21. The van der Waals surface area contributed by atoms with E-state index >= 15 is 0 Å². The summed E-state index contributed by atoms with van der Waals surface area (Å²) in [5, 5.41) is 4.53. The Kier molecular flexibility index (Phi) is 5.95. The molecule has 3 heteroatoms. The summed E-state index contributed by atoms with van der Waals surface area (Å²) in [6.07, 6.45) is 7.64. The van der Waals surface area contributed by atoms with E-state index in [0.717, 1.165) is 23.7 Å². The number of rotatable bonds is 7. The van der Waals surface area contributed by atoms with Gasteiger partial charge in [-0.15, -0.1) is 0 Å². The van der Waals surface area contributed by atoms with E-state index in [-0.39, 0.29) is 0 Å². The van der Waals surface area contributed by atoms with Gasteiger partial charge in [0.15, 0.2) is 0 Å². The second kappa shape index (κ2) is 7.51. The molecule has 0 heterocycles. The Hall–Kier alpha value is -0.730. The van der Waals surface area contributed by atoms with Crippen molar-refractivity contribution in [1.82, 2.24) is 5.32 Å². The Morgan fingerprint density at radius 3 is 2.57 bits per heavy atom. The number of nitrogens with one attached hydrogen (secondary N) is 1. The van der Waals surface area contributed by atoms with Crippen molar-refractivity contribution in [1.29, 1.82) is 0 Å². The van der Waals surface area contributed by atoms with E-state index in [0.29, 0.717) is 11.5 Å². The van der Waals surface area contributed by atoms with Crippen molar-refractivity contribution in [2.45, 2.75) is 58.4 Å². The van der Waals surface area contributed by atoms with Gasteiger partial charge in [0, 0.05) is 11.1 Å². The second-order valence-electron chi connectivity index (χ2n) is 6.19. The zero-order valence-electron chi connectivity index (χ0n) is 13.5. The molecule has 1 saturated carbocycles. The molecule has 1 aliphatic carbocycles. The molecule has 1 atom stereocenters. The third-order valence-corrected chi connectivity index (χ3v) is 5.39. The van der Waals surface area contributed by atoms with E-state index < -0.39 is 0 Å². The number of hydrogen-bond acceptors (Lipinski definition) is 2. The first kappa shape index (κ1) is 16.6. The summed E-state index contributed by atoms with van der Waals surface area (Å²) in [5.41, 5.74) is 1.65. The van der Waals surface area contributed by atoms with Crippen molar-refractivity contribution in [3.8, 4) is 5.75 Å². The number of benzene rings is 1. The molecular weight excluding hydrogens is 282 g/mol. The van der Waals surface area contributed by atoms with Crippen LogP contribution in [-0.2, 0) is 6.42 Å². The maximum Gasteiger partial charge on any atom is 0.122 e. The SMILES string of the molecule is CCNC(Cc1cc(Cl)ccc1OC)C1(CC)CCCC1. The van der Waals surface area contributed by atoms with Crippen molar-refractivity contribution in [3.05, 3.63) is 28.8 Å². The van der Waals surface area contributed by atoms with Gasteiger partial charge in [0.05, 0.1) is 7.11 Å². The van der Waals surface area contributed by atoms with Crippen LogP contribution in [0.4, 0.5) is 0 Å².